The lowest BCUT2D eigenvalue weighted by Crippen LogP contribution is -2.48. The average Bonchev–Trinajstić information content (AvgIpc) is 2.86. The van der Waals surface area contributed by atoms with Crippen LogP contribution >= 0.6 is 0 Å². The molecule has 2 aromatic rings. The second-order valence-electron chi connectivity index (χ2n) is 10.5. The van der Waals surface area contributed by atoms with Gasteiger partial charge in [0.25, 0.3) is 0 Å². The Morgan fingerprint density at radius 3 is 2.34 bits per heavy atom. The summed E-state index contributed by atoms with van der Waals surface area (Å²) in [6, 6.07) is 15.5. The Labute approximate surface area is 208 Å². The van der Waals surface area contributed by atoms with E-state index in [0.29, 0.717) is 18.6 Å². The zero-order valence-electron chi connectivity index (χ0n) is 20.8. The molecule has 0 saturated heterocycles. The number of methoxy groups -OCH3 is 1. The number of esters is 1. The molecule has 4 aliphatic carbocycles. The van der Waals surface area contributed by atoms with Crippen LogP contribution in [-0.2, 0) is 26.0 Å². The number of rotatable bonds is 10. The maximum absolute atomic E-state index is 12.2. The van der Waals surface area contributed by atoms with Gasteiger partial charge in [0.2, 0.25) is 0 Å². The van der Waals surface area contributed by atoms with Gasteiger partial charge in [-0.15, -0.1) is 0 Å². The van der Waals surface area contributed by atoms with Crippen LogP contribution in [-0.4, -0.2) is 26.2 Å². The van der Waals surface area contributed by atoms with E-state index >= 15 is 0 Å². The molecule has 0 spiro atoms. The summed E-state index contributed by atoms with van der Waals surface area (Å²) in [5, 5.41) is 0. The molecule has 0 radical (unpaired) electrons. The predicted octanol–water partition coefficient (Wildman–Crippen LogP) is 6.41. The predicted molar refractivity (Wildman–Crippen MR) is 134 cm³/mol. The third-order valence-corrected chi connectivity index (χ3v) is 8.01. The summed E-state index contributed by atoms with van der Waals surface area (Å²) < 4.78 is 22.6. The lowest BCUT2D eigenvalue weighted by atomic mass is 9.48. The van der Waals surface area contributed by atoms with Crippen LogP contribution in [0.15, 0.2) is 60.9 Å². The zero-order chi connectivity index (χ0) is 24.3. The molecule has 2 aromatic carbocycles. The standard InChI is InChI=1S/C30H36O5/c1-3-33-29(32-2)35-27-12-11-21(8-7-13-34-28(31)25-9-5-4-6-10-25)17-26(27)30-18-22-14-23(19-30)16-24(15-22)20-30/h4-7,9-13,17,22-24,29H,3,8,14-16,18-20H2,1-2H3. The molecule has 5 heteroatoms. The fraction of sp³-hybridized carbons (Fsp3) is 0.500. The Morgan fingerprint density at radius 1 is 1.03 bits per heavy atom. The molecule has 4 saturated carbocycles. The maximum Gasteiger partial charge on any atom is 0.342 e. The topological polar surface area (TPSA) is 54.0 Å². The molecule has 5 nitrogen and oxygen atoms in total. The van der Waals surface area contributed by atoms with Gasteiger partial charge < -0.3 is 18.9 Å². The van der Waals surface area contributed by atoms with E-state index in [1.165, 1.54) is 55.9 Å². The quantitative estimate of drug-likeness (QED) is 0.225. The van der Waals surface area contributed by atoms with Gasteiger partial charge in [-0.3, -0.25) is 0 Å². The van der Waals surface area contributed by atoms with Crippen LogP contribution in [0.4, 0.5) is 0 Å². The third-order valence-electron chi connectivity index (χ3n) is 8.01. The lowest BCUT2D eigenvalue weighted by molar-refractivity contribution is -0.231. The van der Waals surface area contributed by atoms with E-state index in [9.17, 15) is 4.79 Å². The van der Waals surface area contributed by atoms with Crippen LogP contribution in [0.25, 0.3) is 0 Å². The second kappa shape index (κ2) is 10.5. The molecular formula is C30H36O5. The molecule has 35 heavy (non-hydrogen) atoms. The van der Waals surface area contributed by atoms with E-state index in [1.54, 1.807) is 19.2 Å². The fourth-order valence-corrected chi connectivity index (χ4v) is 6.99. The normalized spacial score (nSPS) is 27.8. The first-order valence-electron chi connectivity index (χ1n) is 12.9. The van der Waals surface area contributed by atoms with Crippen molar-refractivity contribution in [1.82, 2.24) is 0 Å². The summed E-state index contributed by atoms with van der Waals surface area (Å²) in [7, 11) is 1.61. The average molecular weight is 477 g/mol. The summed E-state index contributed by atoms with van der Waals surface area (Å²) in [6.45, 7) is 1.75. The van der Waals surface area contributed by atoms with Gasteiger partial charge in [-0.2, -0.15) is 0 Å². The van der Waals surface area contributed by atoms with E-state index in [1.807, 2.05) is 31.2 Å². The van der Waals surface area contributed by atoms with Crippen molar-refractivity contribution in [2.75, 3.05) is 13.7 Å². The van der Waals surface area contributed by atoms with E-state index < -0.39 is 6.48 Å². The molecule has 4 aliphatic rings. The molecule has 4 fully saturated rings. The van der Waals surface area contributed by atoms with Crippen molar-refractivity contribution in [2.45, 2.75) is 63.8 Å². The Morgan fingerprint density at radius 2 is 1.71 bits per heavy atom. The highest BCUT2D eigenvalue weighted by Crippen LogP contribution is 2.62. The molecule has 0 aromatic heterocycles. The van der Waals surface area contributed by atoms with Gasteiger partial charge in [-0.05, 0) is 105 Å². The van der Waals surface area contributed by atoms with Crippen molar-refractivity contribution in [3.05, 3.63) is 77.6 Å². The van der Waals surface area contributed by atoms with Crippen molar-refractivity contribution >= 4 is 5.97 Å². The molecule has 0 amide bonds. The minimum atomic E-state index is -0.712. The smallest absolute Gasteiger partial charge is 0.342 e. The second-order valence-corrected chi connectivity index (χ2v) is 10.5. The SMILES string of the molecule is CCOC(OC)Oc1ccc(CC=COC(=O)c2ccccc2)cc1C12CC3CC(CC(C3)C1)C2. The van der Waals surface area contributed by atoms with Gasteiger partial charge in [0.05, 0.1) is 18.4 Å². The number of hydrogen-bond acceptors (Lipinski definition) is 5. The van der Waals surface area contributed by atoms with Crippen molar-refractivity contribution < 1.29 is 23.7 Å². The Bertz CT molecular complexity index is 1010. The summed E-state index contributed by atoms with van der Waals surface area (Å²) in [5.74, 6) is 3.03. The van der Waals surface area contributed by atoms with Gasteiger partial charge >= 0.3 is 12.4 Å². The first-order chi connectivity index (χ1) is 17.1. The molecule has 4 bridgehead atoms. The van der Waals surface area contributed by atoms with Crippen molar-refractivity contribution in [3.8, 4) is 5.75 Å². The van der Waals surface area contributed by atoms with Crippen LogP contribution in [0.3, 0.4) is 0 Å². The fourth-order valence-electron chi connectivity index (χ4n) is 6.99. The van der Waals surface area contributed by atoms with E-state index in [0.717, 1.165) is 23.5 Å². The van der Waals surface area contributed by atoms with Crippen LogP contribution < -0.4 is 4.74 Å². The first-order valence-corrected chi connectivity index (χ1v) is 12.9. The monoisotopic (exact) mass is 476 g/mol. The molecule has 186 valence electrons. The number of hydrogen-bond donors (Lipinski definition) is 0. The molecule has 6 rings (SSSR count). The summed E-state index contributed by atoms with van der Waals surface area (Å²) in [6.07, 6.45) is 12.0. The Hall–Kier alpha value is -2.63. The lowest BCUT2D eigenvalue weighted by Gasteiger charge is -2.57. The highest BCUT2D eigenvalue weighted by atomic mass is 16.8. The van der Waals surface area contributed by atoms with Gasteiger partial charge in [-0.25, -0.2) is 4.79 Å². The Kier molecular flexibility index (Phi) is 7.26. The van der Waals surface area contributed by atoms with Crippen LogP contribution in [0, 0.1) is 17.8 Å². The largest absolute Gasteiger partial charge is 0.441 e. The minimum absolute atomic E-state index is 0.175. The minimum Gasteiger partial charge on any atom is -0.441 e. The van der Waals surface area contributed by atoms with Gasteiger partial charge in [0.15, 0.2) is 0 Å². The van der Waals surface area contributed by atoms with Gasteiger partial charge in [0.1, 0.15) is 5.75 Å². The van der Waals surface area contributed by atoms with E-state index in [4.69, 9.17) is 18.9 Å². The summed E-state index contributed by atoms with van der Waals surface area (Å²) in [4.78, 5) is 12.2. The van der Waals surface area contributed by atoms with Crippen molar-refractivity contribution in [1.29, 1.82) is 0 Å². The number of ether oxygens (including phenoxy) is 4. The molecular weight excluding hydrogens is 440 g/mol. The molecule has 0 aliphatic heterocycles. The maximum atomic E-state index is 12.2. The molecule has 1 unspecified atom stereocenters. The van der Waals surface area contributed by atoms with E-state index in [-0.39, 0.29) is 11.4 Å². The van der Waals surface area contributed by atoms with Gasteiger partial charge in [0, 0.05) is 12.7 Å². The molecule has 0 N–H and O–H groups in total. The van der Waals surface area contributed by atoms with Crippen molar-refractivity contribution in [2.24, 2.45) is 17.8 Å². The van der Waals surface area contributed by atoms with Crippen LogP contribution in [0.2, 0.25) is 0 Å². The van der Waals surface area contributed by atoms with Crippen LogP contribution in [0.5, 0.6) is 5.75 Å². The zero-order valence-corrected chi connectivity index (χ0v) is 20.8. The van der Waals surface area contributed by atoms with Crippen LogP contribution in [0.1, 0.15) is 66.9 Å². The summed E-state index contributed by atoms with van der Waals surface area (Å²) >= 11 is 0. The number of carbonyl (C=O) groups excluding carboxylic acids is 1. The highest BCUT2D eigenvalue weighted by Gasteiger charge is 2.52. The Balaban J connectivity index is 1.35. The van der Waals surface area contributed by atoms with Gasteiger partial charge in [-0.1, -0.05) is 30.3 Å². The molecule has 0 heterocycles. The number of carbonyl (C=O) groups is 1. The third kappa shape index (κ3) is 5.31. The van der Waals surface area contributed by atoms with E-state index in [2.05, 4.69) is 18.2 Å². The highest BCUT2D eigenvalue weighted by molar-refractivity contribution is 5.89. The van der Waals surface area contributed by atoms with Crippen molar-refractivity contribution in [3.63, 3.8) is 0 Å². The first kappa shape index (κ1) is 24.1. The number of allylic oxidation sites excluding steroid dienone is 1. The molecule has 1 atom stereocenters. The summed E-state index contributed by atoms with van der Waals surface area (Å²) in [5.41, 5.74) is 3.20. The number of benzene rings is 2.